The lowest BCUT2D eigenvalue weighted by molar-refractivity contribution is 0.0785. The molecule has 0 radical (unpaired) electrons. The number of anilines is 1. The van der Waals surface area contributed by atoms with Crippen LogP contribution >= 0.6 is 11.6 Å². The molecule has 0 aliphatic heterocycles. The third kappa shape index (κ3) is 3.48. The van der Waals surface area contributed by atoms with Crippen molar-refractivity contribution in [2.24, 2.45) is 0 Å². The topological polar surface area (TPSA) is 46.3 Å². The molecule has 2 aromatic carbocycles. The highest BCUT2D eigenvalue weighted by atomic mass is 35.5. The van der Waals surface area contributed by atoms with Crippen LogP contribution in [0.25, 0.3) is 0 Å². The van der Waals surface area contributed by atoms with Crippen LogP contribution in [0.2, 0.25) is 5.02 Å². The van der Waals surface area contributed by atoms with Gasteiger partial charge >= 0.3 is 0 Å². The van der Waals surface area contributed by atoms with Crippen LogP contribution in [-0.2, 0) is 6.54 Å². The van der Waals surface area contributed by atoms with Gasteiger partial charge in [0.05, 0.1) is 0 Å². The van der Waals surface area contributed by atoms with Crippen LogP contribution in [-0.4, -0.2) is 17.9 Å². The summed E-state index contributed by atoms with van der Waals surface area (Å²) in [4.78, 5) is 13.8. The average Bonchev–Trinajstić information content (AvgIpc) is 2.39. The summed E-state index contributed by atoms with van der Waals surface area (Å²) in [6.45, 7) is 0.520. The van der Waals surface area contributed by atoms with Crippen LogP contribution in [0.15, 0.2) is 48.5 Å². The molecule has 2 aromatic rings. The van der Waals surface area contributed by atoms with Crippen molar-refractivity contribution in [2.75, 3.05) is 12.8 Å². The van der Waals surface area contributed by atoms with Gasteiger partial charge in [0.2, 0.25) is 0 Å². The Morgan fingerprint density at radius 1 is 1.21 bits per heavy atom. The molecule has 0 bridgehead atoms. The third-order valence-electron chi connectivity index (χ3n) is 2.81. The quantitative estimate of drug-likeness (QED) is 0.874. The second kappa shape index (κ2) is 5.76. The van der Waals surface area contributed by atoms with E-state index in [2.05, 4.69) is 0 Å². The van der Waals surface area contributed by atoms with Gasteiger partial charge in [-0.15, -0.1) is 0 Å². The van der Waals surface area contributed by atoms with Gasteiger partial charge in [-0.3, -0.25) is 4.79 Å². The summed E-state index contributed by atoms with van der Waals surface area (Å²) in [5.41, 5.74) is 8.04. The van der Waals surface area contributed by atoms with E-state index in [-0.39, 0.29) is 5.91 Å². The molecule has 2 rings (SSSR count). The maximum Gasteiger partial charge on any atom is 0.253 e. The van der Waals surface area contributed by atoms with Crippen molar-refractivity contribution in [3.63, 3.8) is 0 Å². The number of halogens is 1. The molecule has 0 aliphatic rings. The maximum absolute atomic E-state index is 12.2. The van der Waals surface area contributed by atoms with E-state index in [4.69, 9.17) is 17.3 Å². The van der Waals surface area contributed by atoms with Gasteiger partial charge in [-0.25, -0.2) is 0 Å². The number of carbonyl (C=O) groups is 1. The predicted molar refractivity (Wildman–Crippen MR) is 78.1 cm³/mol. The molecule has 0 aliphatic carbocycles. The number of benzene rings is 2. The molecule has 0 spiro atoms. The zero-order valence-electron chi connectivity index (χ0n) is 10.6. The van der Waals surface area contributed by atoms with Crippen molar-refractivity contribution < 1.29 is 4.79 Å². The van der Waals surface area contributed by atoms with Crippen LogP contribution in [0.3, 0.4) is 0 Å². The molecule has 1 amide bonds. The van der Waals surface area contributed by atoms with E-state index < -0.39 is 0 Å². The number of nitrogens with two attached hydrogens (primary N) is 1. The minimum atomic E-state index is -0.0425. The first-order chi connectivity index (χ1) is 9.06. The van der Waals surface area contributed by atoms with E-state index in [1.807, 2.05) is 24.3 Å². The standard InChI is InChI=1S/C15H15ClN2O/c1-18(10-11-3-2-4-14(17)9-11)15(19)12-5-7-13(16)8-6-12/h2-9H,10,17H2,1H3. The van der Waals surface area contributed by atoms with Crippen molar-refractivity contribution in [3.8, 4) is 0 Å². The first-order valence-corrected chi connectivity index (χ1v) is 6.29. The fourth-order valence-electron chi connectivity index (χ4n) is 1.85. The molecule has 2 N–H and O–H groups in total. The van der Waals surface area contributed by atoms with Crippen molar-refractivity contribution in [1.82, 2.24) is 4.90 Å². The summed E-state index contributed by atoms with van der Waals surface area (Å²) in [5.74, 6) is -0.0425. The van der Waals surface area contributed by atoms with Crippen LogP contribution in [0.5, 0.6) is 0 Å². The van der Waals surface area contributed by atoms with Gasteiger partial charge in [0, 0.05) is 29.9 Å². The molecule has 0 atom stereocenters. The highest BCUT2D eigenvalue weighted by Crippen LogP contribution is 2.13. The molecule has 3 nitrogen and oxygen atoms in total. The SMILES string of the molecule is CN(Cc1cccc(N)c1)C(=O)c1ccc(Cl)cc1. The van der Waals surface area contributed by atoms with E-state index in [1.54, 1.807) is 36.2 Å². The molecule has 0 unspecified atom stereocenters. The number of rotatable bonds is 3. The Morgan fingerprint density at radius 2 is 1.89 bits per heavy atom. The lowest BCUT2D eigenvalue weighted by atomic mass is 10.1. The van der Waals surface area contributed by atoms with Gasteiger partial charge in [-0.1, -0.05) is 23.7 Å². The summed E-state index contributed by atoms with van der Waals surface area (Å²) in [6, 6.07) is 14.4. The second-order valence-corrected chi connectivity index (χ2v) is 4.85. The number of hydrogen-bond donors (Lipinski definition) is 1. The summed E-state index contributed by atoms with van der Waals surface area (Å²) in [7, 11) is 1.76. The smallest absolute Gasteiger partial charge is 0.253 e. The molecular formula is C15H15ClN2O. The van der Waals surface area contributed by atoms with Gasteiger partial charge < -0.3 is 10.6 Å². The lowest BCUT2D eigenvalue weighted by Gasteiger charge is -2.17. The Balaban J connectivity index is 2.09. The second-order valence-electron chi connectivity index (χ2n) is 4.41. The Morgan fingerprint density at radius 3 is 2.53 bits per heavy atom. The number of hydrogen-bond acceptors (Lipinski definition) is 2. The van der Waals surface area contributed by atoms with E-state index in [0.717, 1.165) is 5.56 Å². The summed E-state index contributed by atoms with van der Waals surface area (Å²) in [5, 5.41) is 0.620. The fourth-order valence-corrected chi connectivity index (χ4v) is 1.98. The summed E-state index contributed by atoms with van der Waals surface area (Å²) in [6.07, 6.45) is 0. The van der Waals surface area contributed by atoms with E-state index >= 15 is 0 Å². The normalized spacial score (nSPS) is 10.2. The van der Waals surface area contributed by atoms with Gasteiger partial charge in [0.25, 0.3) is 5.91 Å². The van der Waals surface area contributed by atoms with Gasteiger partial charge in [0.15, 0.2) is 0 Å². The van der Waals surface area contributed by atoms with E-state index in [9.17, 15) is 4.79 Å². The van der Waals surface area contributed by atoms with Gasteiger partial charge in [-0.05, 0) is 42.0 Å². The minimum absolute atomic E-state index is 0.0425. The number of nitrogen functional groups attached to an aromatic ring is 1. The van der Waals surface area contributed by atoms with Crippen LogP contribution in [0.1, 0.15) is 15.9 Å². The largest absolute Gasteiger partial charge is 0.399 e. The van der Waals surface area contributed by atoms with Gasteiger partial charge in [-0.2, -0.15) is 0 Å². The van der Waals surface area contributed by atoms with Crippen molar-refractivity contribution in [3.05, 3.63) is 64.7 Å². The monoisotopic (exact) mass is 274 g/mol. The Kier molecular flexibility index (Phi) is 4.07. The summed E-state index contributed by atoms with van der Waals surface area (Å²) >= 11 is 5.80. The van der Waals surface area contributed by atoms with Crippen LogP contribution in [0.4, 0.5) is 5.69 Å². The van der Waals surface area contributed by atoms with Crippen LogP contribution < -0.4 is 5.73 Å². The molecule has 0 aromatic heterocycles. The highest BCUT2D eigenvalue weighted by molar-refractivity contribution is 6.30. The number of carbonyl (C=O) groups excluding carboxylic acids is 1. The molecule has 0 fully saturated rings. The molecular weight excluding hydrogens is 260 g/mol. The zero-order chi connectivity index (χ0) is 13.8. The first kappa shape index (κ1) is 13.4. The molecule has 98 valence electrons. The minimum Gasteiger partial charge on any atom is -0.399 e. The third-order valence-corrected chi connectivity index (χ3v) is 3.06. The van der Waals surface area contributed by atoms with Crippen molar-refractivity contribution >= 4 is 23.2 Å². The molecule has 19 heavy (non-hydrogen) atoms. The summed E-state index contributed by atoms with van der Waals surface area (Å²) < 4.78 is 0. The van der Waals surface area contributed by atoms with Gasteiger partial charge in [0.1, 0.15) is 0 Å². The first-order valence-electron chi connectivity index (χ1n) is 5.92. The maximum atomic E-state index is 12.2. The van der Waals surface area contributed by atoms with E-state index in [0.29, 0.717) is 22.8 Å². The van der Waals surface area contributed by atoms with E-state index in [1.165, 1.54) is 0 Å². The average molecular weight is 275 g/mol. The fraction of sp³-hybridized carbons (Fsp3) is 0.133. The Labute approximate surface area is 117 Å². The van der Waals surface area contributed by atoms with Crippen molar-refractivity contribution in [2.45, 2.75) is 6.54 Å². The molecule has 0 saturated carbocycles. The Bertz CT molecular complexity index is 581. The van der Waals surface area contributed by atoms with Crippen molar-refractivity contribution in [1.29, 1.82) is 0 Å². The molecule has 0 heterocycles. The highest BCUT2D eigenvalue weighted by Gasteiger charge is 2.11. The molecule has 4 heteroatoms. The van der Waals surface area contributed by atoms with Crippen LogP contribution in [0, 0.1) is 0 Å². The Hall–Kier alpha value is -2.00. The number of nitrogens with zero attached hydrogens (tertiary/aromatic N) is 1. The number of amides is 1. The molecule has 0 saturated heterocycles. The predicted octanol–water partition coefficient (Wildman–Crippen LogP) is 3.19. The zero-order valence-corrected chi connectivity index (χ0v) is 11.4. The lowest BCUT2D eigenvalue weighted by Crippen LogP contribution is -2.26.